The van der Waals surface area contributed by atoms with Crippen LogP contribution in [0.1, 0.15) is 35.6 Å². The van der Waals surface area contributed by atoms with Gasteiger partial charge in [-0.2, -0.15) is 5.10 Å². The summed E-state index contributed by atoms with van der Waals surface area (Å²) in [6, 6.07) is 3.26. The number of aromatic nitrogens is 3. The molecule has 20 heavy (non-hydrogen) atoms. The molecular weight excluding hydrogens is 342 g/mol. The van der Waals surface area contributed by atoms with E-state index in [0.717, 1.165) is 28.8 Å². The van der Waals surface area contributed by atoms with Gasteiger partial charge in [-0.1, -0.05) is 18.5 Å². The maximum Gasteiger partial charge on any atom is 0.169 e. The van der Waals surface area contributed by atoms with Crippen molar-refractivity contribution in [2.24, 2.45) is 0 Å². The van der Waals surface area contributed by atoms with Crippen molar-refractivity contribution in [2.75, 3.05) is 0 Å². The summed E-state index contributed by atoms with van der Waals surface area (Å²) in [5.41, 5.74) is 2.45. The van der Waals surface area contributed by atoms with E-state index >= 15 is 0 Å². The van der Waals surface area contributed by atoms with Crippen LogP contribution < -0.4 is 0 Å². The average molecular weight is 357 g/mol. The fourth-order valence-corrected chi connectivity index (χ4v) is 2.89. The minimum atomic E-state index is 0.00672. The van der Waals surface area contributed by atoms with Crippen LogP contribution in [0, 0.1) is 0 Å². The van der Waals surface area contributed by atoms with Gasteiger partial charge in [0, 0.05) is 18.3 Å². The summed E-state index contributed by atoms with van der Waals surface area (Å²) < 4.78 is 2.79. The maximum atomic E-state index is 12.3. The Morgan fingerprint density at radius 3 is 2.80 bits per heavy atom. The van der Waals surface area contributed by atoms with Crippen molar-refractivity contribution in [3.8, 4) is 0 Å². The van der Waals surface area contributed by atoms with E-state index in [1.54, 1.807) is 18.3 Å². The van der Waals surface area contributed by atoms with Gasteiger partial charge in [-0.3, -0.25) is 9.48 Å². The number of ketones is 1. The fraction of sp³-hybridized carbons (Fsp3) is 0.357. The second-order valence-corrected chi connectivity index (χ2v) is 5.52. The highest BCUT2D eigenvalue weighted by atomic mass is 79.9. The van der Waals surface area contributed by atoms with E-state index in [1.807, 2.05) is 18.5 Å². The Kier molecular flexibility index (Phi) is 4.94. The number of hydrogen-bond donors (Lipinski definition) is 0. The smallest absolute Gasteiger partial charge is 0.169 e. The van der Waals surface area contributed by atoms with Crippen LogP contribution >= 0.6 is 27.5 Å². The van der Waals surface area contributed by atoms with Gasteiger partial charge in [0.05, 0.1) is 22.3 Å². The van der Waals surface area contributed by atoms with Crippen molar-refractivity contribution in [1.29, 1.82) is 0 Å². The molecule has 0 spiro atoms. The summed E-state index contributed by atoms with van der Waals surface area (Å²) in [5, 5.41) is 4.82. The monoisotopic (exact) mass is 355 g/mol. The molecule has 4 nitrogen and oxygen atoms in total. The Balaban J connectivity index is 2.30. The lowest BCUT2D eigenvalue weighted by molar-refractivity contribution is 0.0990. The standard InChI is InChI=1S/C14H15BrClN3O/c1-3-10-14(15)11(19(4-2)18-10)8-12(20)9-5-6-17-13(16)7-9/h5-7H,3-4,8H2,1-2H3. The first-order chi connectivity index (χ1) is 9.56. The molecule has 0 bridgehead atoms. The summed E-state index contributed by atoms with van der Waals surface area (Å²) >= 11 is 9.36. The highest BCUT2D eigenvalue weighted by Crippen LogP contribution is 2.24. The largest absolute Gasteiger partial charge is 0.294 e. The van der Waals surface area contributed by atoms with Crippen molar-refractivity contribution < 1.29 is 4.79 Å². The van der Waals surface area contributed by atoms with Crippen LogP contribution in [0.15, 0.2) is 22.8 Å². The van der Waals surface area contributed by atoms with Gasteiger partial charge in [-0.05, 0) is 41.4 Å². The molecule has 0 radical (unpaired) electrons. The van der Waals surface area contributed by atoms with E-state index in [4.69, 9.17) is 11.6 Å². The Labute approximate surface area is 131 Å². The van der Waals surface area contributed by atoms with Gasteiger partial charge in [-0.25, -0.2) is 4.98 Å². The molecule has 2 aromatic rings. The number of rotatable bonds is 5. The predicted octanol–water partition coefficient (Wildman–Crippen LogP) is 3.70. The van der Waals surface area contributed by atoms with Crippen molar-refractivity contribution in [2.45, 2.75) is 33.2 Å². The SMILES string of the molecule is CCc1nn(CC)c(CC(=O)c2ccnc(Cl)c2)c1Br. The summed E-state index contributed by atoms with van der Waals surface area (Å²) in [4.78, 5) is 16.2. The molecule has 0 saturated carbocycles. The van der Waals surface area contributed by atoms with Crippen LogP contribution in [-0.4, -0.2) is 20.5 Å². The van der Waals surface area contributed by atoms with Crippen LogP contribution in [0.25, 0.3) is 0 Å². The molecule has 0 aliphatic heterocycles. The third-order valence-corrected chi connectivity index (χ3v) is 4.19. The van der Waals surface area contributed by atoms with Gasteiger partial charge in [0.25, 0.3) is 0 Å². The lowest BCUT2D eigenvalue weighted by Gasteiger charge is -2.05. The number of carbonyl (C=O) groups excluding carboxylic acids is 1. The molecule has 106 valence electrons. The number of halogens is 2. The first-order valence-corrected chi connectivity index (χ1v) is 7.62. The fourth-order valence-electron chi connectivity index (χ4n) is 2.02. The van der Waals surface area contributed by atoms with E-state index in [-0.39, 0.29) is 5.78 Å². The zero-order valence-electron chi connectivity index (χ0n) is 11.4. The highest BCUT2D eigenvalue weighted by Gasteiger charge is 2.18. The van der Waals surface area contributed by atoms with Gasteiger partial charge < -0.3 is 0 Å². The highest BCUT2D eigenvalue weighted by molar-refractivity contribution is 9.10. The number of carbonyl (C=O) groups is 1. The third-order valence-electron chi connectivity index (χ3n) is 3.07. The summed E-state index contributed by atoms with van der Waals surface area (Å²) in [5.74, 6) is 0.00672. The number of aryl methyl sites for hydroxylation is 2. The lowest BCUT2D eigenvalue weighted by Crippen LogP contribution is -2.10. The number of nitrogens with zero attached hydrogens (tertiary/aromatic N) is 3. The van der Waals surface area contributed by atoms with Crippen molar-refractivity contribution in [3.05, 3.63) is 44.9 Å². The average Bonchev–Trinajstić information content (AvgIpc) is 2.75. The Morgan fingerprint density at radius 2 is 2.20 bits per heavy atom. The van der Waals surface area contributed by atoms with E-state index < -0.39 is 0 Å². The van der Waals surface area contributed by atoms with Gasteiger partial charge in [0.2, 0.25) is 0 Å². The Bertz CT molecular complexity index is 639. The first kappa shape index (κ1) is 15.2. The molecule has 0 fully saturated rings. The van der Waals surface area contributed by atoms with Gasteiger partial charge in [0.1, 0.15) is 5.15 Å². The predicted molar refractivity (Wildman–Crippen MR) is 82.3 cm³/mol. The Morgan fingerprint density at radius 1 is 1.45 bits per heavy atom. The van der Waals surface area contributed by atoms with E-state index in [9.17, 15) is 4.79 Å². The minimum Gasteiger partial charge on any atom is -0.294 e. The zero-order chi connectivity index (χ0) is 14.7. The molecule has 0 amide bonds. The minimum absolute atomic E-state index is 0.00672. The van der Waals surface area contributed by atoms with E-state index in [1.165, 1.54) is 0 Å². The van der Waals surface area contributed by atoms with Crippen LogP contribution in [0.3, 0.4) is 0 Å². The first-order valence-electron chi connectivity index (χ1n) is 6.45. The van der Waals surface area contributed by atoms with Crippen LogP contribution in [0.5, 0.6) is 0 Å². The van der Waals surface area contributed by atoms with E-state index in [2.05, 4.69) is 26.0 Å². The molecule has 2 aromatic heterocycles. The second kappa shape index (κ2) is 6.50. The van der Waals surface area contributed by atoms with Crippen molar-refractivity contribution in [3.63, 3.8) is 0 Å². The lowest BCUT2D eigenvalue weighted by atomic mass is 10.1. The number of hydrogen-bond acceptors (Lipinski definition) is 3. The van der Waals surface area contributed by atoms with Crippen LogP contribution in [0.4, 0.5) is 0 Å². The molecule has 0 unspecified atom stereocenters. The molecule has 0 N–H and O–H groups in total. The van der Waals surface area contributed by atoms with Crippen molar-refractivity contribution in [1.82, 2.24) is 14.8 Å². The molecule has 6 heteroatoms. The third kappa shape index (κ3) is 3.10. The summed E-state index contributed by atoms with van der Waals surface area (Å²) in [7, 11) is 0. The Hall–Kier alpha value is -1.20. The molecule has 0 atom stereocenters. The molecule has 0 aromatic carbocycles. The number of Topliss-reactive ketones (excluding diaryl/α,β-unsaturated/α-hetero) is 1. The molecular formula is C14H15BrClN3O. The van der Waals surface area contributed by atoms with Gasteiger partial charge >= 0.3 is 0 Å². The van der Waals surface area contributed by atoms with E-state index in [0.29, 0.717) is 17.1 Å². The molecule has 0 aliphatic carbocycles. The van der Waals surface area contributed by atoms with Gasteiger partial charge in [-0.15, -0.1) is 0 Å². The molecule has 0 saturated heterocycles. The normalized spacial score (nSPS) is 10.8. The zero-order valence-corrected chi connectivity index (χ0v) is 13.7. The number of pyridine rings is 1. The summed E-state index contributed by atoms with van der Waals surface area (Å²) in [6.07, 6.45) is 2.66. The van der Waals surface area contributed by atoms with Crippen molar-refractivity contribution >= 4 is 33.3 Å². The maximum absolute atomic E-state index is 12.3. The topological polar surface area (TPSA) is 47.8 Å². The molecule has 0 aliphatic rings. The summed E-state index contributed by atoms with van der Waals surface area (Å²) in [6.45, 7) is 4.79. The van der Waals surface area contributed by atoms with Crippen LogP contribution in [0.2, 0.25) is 5.15 Å². The van der Waals surface area contributed by atoms with Crippen LogP contribution in [-0.2, 0) is 19.4 Å². The molecule has 2 rings (SSSR count). The van der Waals surface area contributed by atoms with Gasteiger partial charge in [0.15, 0.2) is 5.78 Å². The quantitative estimate of drug-likeness (QED) is 0.606. The second-order valence-electron chi connectivity index (χ2n) is 4.34. The molecule has 2 heterocycles.